The molecular formula is C23H22NO5S. The molecule has 2 fully saturated rings. The van der Waals surface area contributed by atoms with Crippen molar-refractivity contribution >= 4 is 28.5 Å². The first kappa shape index (κ1) is 21.0. The molecule has 5 radical (unpaired) electrons. The Bertz CT molecular complexity index is 903. The molecule has 6 nitrogen and oxygen atoms in total. The number of fused-ring (bicyclic) bond motifs is 1. The highest BCUT2D eigenvalue weighted by atomic mass is 32.2. The first-order valence-electron chi connectivity index (χ1n) is 9.58. The summed E-state index contributed by atoms with van der Waals surface area (Å²) in [5, 5.41) is 9.67. The summed E-state index contributed by atoms with van der Waals surface area (Å²) in [7, 11) is 1.60. The van der Waals surface area contributed by atoms with Crippen molar-refractivity contribution in [2.24, 2.45) is 5.92 Å². The van der Waals surface area contributed by atoms with Crippen LogP contribution in [-0.2, 0) is 14.3 Å². The Morgan fingerprint density at radius 2 is 2.10 bits per heavy atom. The van der Waals surface area contributed by atoms with Crippen molar-refractivity contribution in [1.82, 2.24) is 4.90 Å². The van der Waals surface area contributed by atoms with Crippen molar-refractivity contribution in [1.29, 1.82) is 0 Å². The van der Waals surface area contributed by atoms with Gasteiger partial charge in [0, 0.05) is 16.4 Å². The van der Waals surface area contributed by atoms with Gasteiger partial charge in [0.1, 0.15) is 23.4 Å². The molecule has 0 spiro atoms. The van der Waals surface area contributed by atoms with Crippen LogP contribution in [0.3, 0.4) is 0 Å². The number of hydrogen-bond acceptors (Lipinski definition) is 6. The van der Waals surface area contributed by atoms with E-state index < -0.39 is 18.0 Å². The molecule has 2 aliphatic heterocycles. The summed E-state index contributed by atoms with van der Waals surface area (Å²) in [6, 6.07) is 5.70. The predicted molar refractivity (Wildman–Crippen MR) is 114 cm³/mol. The Morgan fingerprint density at radius 1 is 1.37 bits per heavy atom. The highest BCUT2D eigenvalue weighted by molar-refractivity contribution is 8.09. The molecule has 1 aromatic rings. The largest absolute Gasteiger partial charge is 0.496 e. The number of thioether (sulfide) groups is 1. The van der Waals surface area contributed by atoms with Gasteiger partial charge in [0.05, 0.1) is 19.1 Å². The summed E-state index contributed by atoms with van der Waals surface area (Å²) in [5.74, 6) is 0.281. The van der Waals surface area contributed by atoms with Gasteiger partial charge in [0.25, 0.3) is 0 Å². The Balaban J connectivity index is 1.72. The lowest BCUT2D eigenvalue weighted by Gasteiger charge is -2.43. The standard InChI is InChI=1S/C23H22NO5S/c1-4-11-29-23(27)19-20(30-22-18(13(2)25)21(26)24(19)22)15-9-10-16(17(12-15)28-3)14-7-5-6-8-14/h4-10,12-13,18,22,25H,1,11H2,2-3H3/t13-,18+,22-/m1/s1. The Kier molecular flexibility index (Phi) is 5.93. The molecule has 1 aromatic carbocycles. The molecule has 155 valence electrons. The van der Waals surface area contributed by atoms with E-state index >= 15 is 0 Å². The van der Waals surface area contributed by atoms with Crippen LogP contribution in [0.2, 0.25) is 0 Å². The van der Waals surface area contributed by atoms with Crippen molar-refractivity contribution in [3.05, 3.63) is 79.3 Å². The number of nitrogens with zero attached hydrogens (tertiary/aromatic N) is 1. The number of β-lactam (4-membered cyclic amide) rings is 1. The van der Waals surface area contributed by atoms with Crippen molar-refractivity contribution in [3.63, 3.8) is 0 Å². The maximum absolute atomic E-state index is 12.8. The number of amides is 1. The normalized spacial score (nSPS) is 24.5. The van der Waals surface area contributed by atoms with Gasteiger partial charge in [0.15, 0.2) is 0 Å². The first-order chi connectivity index (χ1) is 14.5. The Labute approximate surface area is 180 Å². The van der Waals surface area contributed by atoms with E-state index in [1.807, 2.05) is 43.9 Å². The van der Waals surface area contributed by atoms with Gasteiger partial charge in [-0.25, -0.2) is 4.79 Å². The van der Waals surface area contributed by atoms with E-state index in [9.17, 15) is 14.7 Å². The van der Waals surface area contributed by atoms with Crippen LogP contribution in [0.4, 0.5) is 0 Å². The van der Waals surface area contributed by atoms with Crippen LogP contribution >= 0.6 is 11.8 Å². The SMILES string of the molecule is C=CCOC(=O)C1=C(c2ccc([C]3[CH][CH][CH][CH]3)c(OC)c2)S[C@@H]2[C@@H]([C@@H](C)O)C(=O)N12. The average Bonchev–Trinajstić information content (AvgIpc) is 3.37. The summed E-state index contributed by atoms with van der Waals surface area (Å²) in [4.78, 5) is 27.5. The fraction of sp³-hybridized carbons (Fsp3) is 0.261. The van der Waals surface area contributed by atoms with Crippen LogP contribution < -0.4 is 4.74 Å². The van der Waals surface area contributed by atoms with Gasteiger partial charge in [-0.3, -0.25) is 9.69 Å². The minimum atomic E-state index is -0.801. The number of aliphatic hydroxyl groups is 1. The topological polar surface area (TPSA) is 76.1 Å². The molecule has 1 saturated heterocycles. The van der Waals surface area contributed by atoms with Crippen LogP contribution in [0.15, 0.2) is 36.6 Å². The van der Waals surface area contributed by atoms with Crippen LogP contribution in [0.5, 0.6) is 5.75 Å². The maximum atomic E-state index is 12.8. The number of rotatable bonds is 7. The monoisotopic (exact) mass is 424 g/mol. The number of benzene rings is 1. The molecule has 0 bridgehead atoms. The summed E-state index contributed by atoms with van der Waals surface area (Å²) in [5.41, 5.74) is 1.90. The van der Waals surface area contributed by atoms with Gasteiger partial charge in [-0.1, -0.05) is 36.5 Å². The highest BCUT2D eigenvalue weighted by Crippen LogP contribution is 2.54. The van der Waals surface area contributed by atoms with Crippen molar-refractivity contribution in [3.8, 4) is 5.75 Å². The molecule has 1 saturated carbocycles. The second-order valence-electron chi connectivity index (χ2n) is 7.14. The van der Waals surface area contributed by atoms with Crippen molar-refractivity contribution in [2.45, 2.75) is 18.4 Å². The van der Waals surface area contributed by atoms with Gasteiger partial charge in [-0.15, -0.1) is 0 Å². The second-order valence-corrected chi connectivity index (χ2v) is 8.26. The van der Waals surface area contributed by atoms with Crippen LogP contribution in [0, 0.1) is 37.5 Å². The number of aliphatic hydroxyl groups excluding tert-OH is 1. The van der Waals surface area contributed by atoms with Crippen LogP contribution in [-0.4, -0.2) is 47.1 Å². The molecule has 30 heavy (non-hydrogen) atoms. The predicted octanol–water partition coefficient (Wildman–Crippen LogP) is 2.76. The Morgan fingerprint density at radius 3 is 2.73 bits per heavy atom. The summed E-state index contributed by atoms with van der Waals surface area (Å²) in [6.45, 7) is 5.20. The number of carbonyl (C=O) groups is 2. The van der Waals surface area contributed by atoms with E-state index in [2.05, 4.69) is 6.58 Å². The second kappa shape index (κ2) is 8.47. The first-order valence-corrected chi connectivity index (χ1v) is 10.5. The molecule has 7 heteroatoms. The van der Waals surface area contributed by atoms with Crippen molar-refractivity contribution < 1.29 is 24.2 Å². The third-order valence-corrected chi connectivity index (χ3v) is 6.67. The Hall–Kier alpha value is -2.25. The summed E-state index contributed by atoms with van der Waals surface area (Å²) in [6.07, 6.45) is 8.59. The molecular weight excluding hydrogens is 402 g/mol. The van der Waals surface area contributed by atoms with E-state index in [-0.39, 0.29) is 23.6 Å². The number of methoxy groups -OCH3 is 1. The molecule has 1 N–H and O–H groups in total. The van der Waals surface area contributed by atoms with E-state index in [1.54, 1.807) is 14.0 Å². The maximum Gasteiger partial charge on any atom is 0.356 e. The zero-order chi connectivity index (χ0) is 21.4. The van der Waals surface area contributed by atoms with E-state index in [4.69, 9.17) is 9.47 Å². The average molecular weight is 424 g/mol. The quantitative estimate of drug-likeness (QED) is 0.412. The van der Waals surface area contributed by atoms with Crippen molar-refractivity contribution in [2.75, 3.05) is 13.7 Å². The number of hydrogen-bond donors (Lipinski definition) is 1. The summed E-state index contributed by atoms with van der Waals surface area (Å²) < 4.78 is 10.8. The van der Waals surface area contributed by atoms with Crippen LogP contribution in [0.1, 0.15) is 18.1 Å². The fourth-order valence-electron chi connectivity index (χ4n) is 3.80. The molecule has 1 amide bonds. The molecule has 1 aliphatic carbocycles. The van der Waals surface area contributed by atoms with Gasteiger partial charge in [0.2, 0.25) is 5.91 Å². The minimum absolute atomic E-state index is 0.0477. The lowest BCUT2D eigenvalue weighted by Crippen LogP contribution is -2.60. The molecule has 0 unspecified atom stereocenters. The van der Waals surface area contributed by atoms with Gasteiger partial charge >= 0.3 is 5.97 Å². The molecule has 2 heterocycles. The number of ether oxygens (including phenoxy) is 2. The van der Waals surface area contributed by atoms with E-state index in [1.165, 1.54) is 22.7 Å². The van der Waals surface area contributed by atoms with Gasteiger partial charge in [-0.05, 0) is 44.2 Å². The summed E-state index contributed by atoms with van der Waals surface area (Å²) >= 11 is 1.39. The van der Waals surface area contributed by atoms with Crippen LogP contribution in [0.25, 0.3) is 4.91 Å². The lowest BCUT2D eigenvalue weighted by molar-refractivity contribution is -0.157. The smallest absolute Gasteiger partial charge is 0.356 e. The fourth-order valence-corrected chi connectivity index (χ4v) is 5.41. The molecule has 0 aromatic heterocycles. The van der Waals surface area contributed by atoms with Gasteiger partial charge in [-0.2, -0.15) is 0 Å². The number of esters is 1. The van der Waals surface area contributed by atoms with Gasteiger partial charge < -0.3 is 14.6 Å². The zero-order valence-electron chi connectivity index (χ0n) is 16.7. The minimum Gasteiger partial charge on any atom is -0.496 e. The zero-order valence-corrected chi connectivity index (χ0v) is 17.5. The molecule has 3 atom stereocenters. The third-order valence-electron chi connectivity index (χ3n) is 5.26. The van der Waals surface area contributed by atoms with E-state index in [0.717, 1.165) is 17.0 Å². The molecule has 3 aliphatic rings. The van der Waals surface area contributed by atoms with E-state index in [0.29, 0.717) is 10.7 Å². The third kappa shape index (κ3) is 3.44. The lowest BCUT2D eigenvalue weighted by atomic mass is 9.91. The number of carbonyl (C=O) groups excluding carboxylic acids is 2. The highest BCUT2D eigenvalue weighted by Gasteiger charge is 2.58. The molecule has 4 rings (SSSR count).